The molecule has 480 valence electrons. The highest BCUT2D eigenvalue weighted by Gasteiger charge is 2.18. The third kappa shape index (κ3) is 12.8. The SMILES string of the molecule is Cc1cc(-c2cccc(-c3ccc(-c4cc(-c5ccccc5)cc(-c5ccccc5)n4)cc3)c2)c2ccc3ccc(-c4ccccc4)nc3c2n1.Cc1cc(-c2cccc(-c3ccc(-c4cc(-c5ccccc5)nc(-c5ccccc5)n4)cc3)c2)c2ccc3ccc(-c4ccccc4)nc3c2n1. The number of hydrogen-bond acceptors (Lipinski definition) is 7. The first-order valence-corrected chi connectivity index (χ1v) is 34.4. The maximum absolute atomic E-state index is 5.13. The molecule has 0 bridgehead atoms. The van der Waals surface area contributed by atoms with Crippen LogP contribution in [-0.2, 0) is 0 Å². The summed E-state index contributed by atoms with van der Waals surface area (Å²) in [5.74, 6) is 0.711. The molecule has 7 nitrogen and oxygen atoms in total. The molecule has 0 unspecified atom stereocenters. The fourth-order valence-electron chi connectivity index (χ4n) is 13.7. The molecule has 6 heterocycles. The Morgan fingerprint density at radius 1 is 0.167 bits per heavy atom. The number of fused-ring (bicyclic) bond motifs is 6. The van der Waals surface area contributed by atoms with Crippen LogP contribution in [0.4, 0.5) is 0 Å². The average molecular weight is 1300 g/mol. The molecule has 102 heavy (non-hydrogen) atoms. The Bertz CT molecular complexity index is 5600. The third-order valence-corrected chi connectivity index (χ3v) is 18.9. The van der Waals surface area contributed by atoms with Gasteiger partial charge in [0.1, 0.15) is 0 Å². The van der Waals surface area contributed by atoms with Crippen LogP contribution in [0.1, 0.15) is 11.4 Å². The lowest BCUT2D eigenvalue weighted by molar-refractivity contribution is 1.18. The van der Waals surface area contributed by atoms with Crippen LogP contribution in [0.15, 0.2) is 358 Å². The molecule has 0 aliphatic carbocycles. The molecule has 0 saturated carbocycles. The number of aryl methyl sites for hydroxylation is 2. The molecule has 0 amide bonds. The van der Waals surface area contributed by atoms with Crippen LogP contribution >= 0.6 is 0 Å². The summed E-state index contributed by atoms with van der Waals surface area (Å²) in [6, 6.07) is 125. The van der Waals surface area contributed by atoms with Gasteiger partial charge in [0, 0.05) is 71.9 Å². The van der Waals surface area contributed by atoms with Crippen molar-refractivity contribution < 1.29 is 0 Å². The van der Waals surface area contributed by atoms with Gasteiger partial charge in [0.2, 0.25) is 0 Å². The second-order valence-electron chi connectivity index (χ2n) is 25.7. The Balaban J connectivity index is 0.000000152. The molecule has 0 atom stereocenters. The van der Waals surface area contributed by atoms with Crippen LogP contribution in [0.2, 0.25) is 0 Å². The Morgan fingerprint density at radius 2 is 0.471 bits per heavy atom. The van der Waals surface area contributed by atoms with E-state index in [0.29, 0.717) is 5.82 Å². The standard InChI is InChI=1S/C48H33N3.C47H32N4/c1-32-28-43(42-26-24-38-25-27-44(35-14-7-3-8-15-35)51-47(38)48(42)49-32)40-19-11-18-39(29-40)34-20-22-37(23-21-34)46-31-41(33-12-5-2-6-13-33)30-45(50-46)36-16-9-4-10-17-36;1-31-28-41(40-26-24-36-25-27-42(33-12-5-2-6-13-33)49-45(36)46(40)48-31)39-19-11-18-38(29-39)32-20-22-35(23-21-32)44-30-43(34-14-7-3-8-15-34)50-47(51-44)37-16-9-4-10-17-37/h2-31H,1H3;2-30H,1H3. The Hall–Kier alpha value is -13.5. The predicted octanol–water partition coefficient (Wildman–Crippen LogP) is 24.4. The number of pyridine rings is 5. The number of nitrogens with zero attached hydrogens (tertiary/aromatic N) is 7. The van der Waals surface area contributed by atoms with Gasteiger partial charge in [-0.2, -0.15) is 0 Å². The van der Waals surface area contributed by atoms with Crippen molar-refractivity contribution in [3.63, 3.8) is 0 Å². The van der Waals surface area contributed by atoms with Crippen molar-refractivity contribution in [1.29, 1.82) is 0 Å². The van der Waals surface area contributed by atoms with Gasteiger partial charge < -0.3 is 0 Å². The summed E-state index contributed by atoms with van der Waals surface area (Å²) in [5, 5.41) is 4.35. The Morgan fingerprint density at radius 3 is 0.873 bits per heavy atom. The quantitative estimate of drug-likeness (QED) is 0.113. The summed E-state index contributed by atoms with van der Waals surface area (Å²) in [5.41, 5.74) is 30.2. The molecule has 0 aliphatic heterocycles. The van der Waals surface area contributed by atoms with E-state index < -0.39 is 0 Å². The van der Waals surface area contributed by atoms with Crippen LogP contribution in [0.25, 0.3) is 178 Å². The largest absolute Gasteiger partial charge is 0.251 e. The fourth-order valence-corrected chi connectivity index (χ4v) is 13.7. The summed E-state index contributed by atoms with van der Waals surface area (Å²) in [7, 11) is 0. The highest BCUT2D eigenvalue weighted by atomic mass is 14.9. The minimum Gasteiger partial charge on any atom is -0.251 e. The molecule has 6 aromatic heterocycles. The van der Waals surface area contributed by atoms with Gasteiger partial charge in [-0.25, -0.2) is 24.9 Å². The molecule has 18 rings (SSSR count). The molecule has 0 radical (unpaired) electrons. The molecular weight excluding hydrogens is 1240 g/mol. The Labute approximate surface area is 592 Å². The second-order valence-corrected chi connectivity index (χ2v) is 25.7. The predicted molar refractivity (Wildman–Crippen MR) is 422 cm³/mol. The Kier molecular flexibility index (Phi) is 16.7. The summed E-state index contributed by atoms with van der Waals surface area (Å²) < 4.78 is 0. The first kappa shape index (κ1) is 62.1. The smallest absolute Gasteiger partial charge is 0.160 e. The van der Waals surface area contributed by atoms with E-state index in [-0.39, 0.29) is 0 Å². The summed E-state index contributed by atoms with van der Waals surface area (Å²) in [6.07, 6.45) is 0. The van der Waals surface area contributed by atoms with Gasteiger partial charge in [-0.05, 0) is 124 Å². The van der Waals surface area contributed by atoms with Gasteiger partial charge in [-0.15, -0.1) is 0 Å². The zero-order valence-electron chi connectivity index (χ0n) is 56.2. The van der Waals surface area contributed by atoms with E-state index in [1.165, 1.54) is 5.56 Å². The van der Waals surface area contributed by atoms with E-state index in [2.05, 4.69) is 293 Å². The van der Waals surface area contributed by atoms with Gasteiger partial charge in [0.25, 0.3) is 0 Å². The zero-order valence-corrected chi connectivity index (χ0v) is 56.2. The minimum absolute atomic E-state index is 0.711. The molecule has 0 saturated heterocycles. The molecule has 18 aromatic rings. The zero-order chi connectivity index (χ0) is 68.3. The van der Waals surface area contributed by atoms with Gasteiger partial charge in [-0.3, -0.25) is 9.97 Å². The van der Waals surface area contributed by atoms with Crippen molar-refractivity contribution in [3.8, 4) is 135 Å². The summed E-state index contributed by atoms with van der Waals surface area (Å²) in [6.45, 7) is 4.13. The molecule has 0 aliphatic rings. The van der Waals surface area contributed by atoms with Crippen LogP contribution in [0.3, 0.4) is 0 Å². The summed E-state index contributed by atoms with van der Waals surface area (Å²) in [4.78, 5) is 35.4. The van der Waals surface area contributed by atoms with E-state index in [4.69, 9.17) is 34.9 Å². The number of aromatic nitrogens is 7. The van der Waals surface area contributed by atoms with Crippen LogP contribution in [0, 0.1) is 13.8 Å². The lowest BCUT2D eigenvalue weighted by atomic mass is 9.94. The minimum atomic E-state index is 0.711. The monoisotopic (exact) mass is 1300 g/mol. The van der Waals surface area contributed by atoms with Crippen LogP contribution < -0.4 is 0 Å². The maximum Gasteiger partial charge on any atom is 0.160 e. The normalized spacial score (nSPS) is 11.2. The van der Waals surface area contributed by atoms with Gasteiger partial charge in [-0.1, -0.05) is 303 Å². The molecule has 0 fully saturated rings. The molecule has 0 spiro atoms. The van der Waals surface area contributed by atoms with Crippen LogP contribution in [0.5, 0.6) is 0 Å². The number of rotatable bonds is 12. The van der Waals surface area contributed by atoms with E-state index in [9.17, 15) is 0 Å². The van der Waals surface area contributed by atoms with E-state index >= 15 is 0 Å². The van der Waals surface area contributed by atoms with Gasteiger partial charge >= 0.3 is 0 Å². The third-order valence-electron chi connectivity index (χ3n) is 18.9. The van der Waals surface area contributed by atoms with E-state index in [1.54, 1.807) is 0 Å². The van der Waals surface area contributed by atoms with E-state index in [0.717, 1.165) is 178 Å². The lowest BCUT2D eigenvalue weighted by Crippen LogP contribution is -1.95. The topological polar surface area (TPSA) is 90.2 Å². The van der Waals surface area contributed by atoms with Crippen molar-refractivity contribution in [3.05, 3.63) is 369 Å². The first-order chi connectivity index (χ1) is 50.3. The van der Waals surface area contributed by atoms with Gasteiger partial charge in [0.15, 0.2) is 5.82 Å². The van der Waals surface area contributed by atoms with Crippen molar-refractivity contribution in [1.82, 2.24) is 34.9 Å². The number of hydrogen-bond donors (Lipinski definition) is 0. The average Bonchev–Trinajstić information content (AvgIpc) is 0.765. The van der Waals surface area contributed by atoms with Gasteiger partial charge in [0.05, 0.1) is 56.2 Å². The maximum atomic E-state index is 5.13. The van der Waals surface area contributed by atoms with Crippen molar-refractivity contribution in [2.24, 2.45) is 0 Å². The number of benzene rings is 12. The summed E-state index contributed by atoms with van der Waals surface area (Å²) >= 11 is 0. The second kappa shape index (κ2) is 27.4. The molecule has 7 heteroatoms. The highest BCUT2D eigenvalue weighted by molar-refractivity contribution is 6.10. The highest BCUT2D eigenvalue weighted by Crippen LogP contribution is 2.40. The van der Waals surface area contributed by atoms with Crippen LogP contribution in [-0.4, -0.2) is 34.9 Å². The first-order valence-electron chi connectivity index (χ1n) is 34.4. The molecular formula is C95H65N7. The molecule has 0 N–H and O–H groups in total. The van der Waals surface area contributed by atoms with E-state index in [1.807, 2.05) is 78.9 Å². The fraction of sp³-hybridized carbons (Fsp3) is 0.0211. The van der Waals surface area contributed by atoms with Crippen molar-refractivity contribution in [2.75, 3.05) is 0 Å². The van der Waals surface area contributed by atoms with Crippen molar-refractivity contribution >= 4 is 43.6 Å². The molecule has 12 aromatic carbocycles. The van der Waals surface area contributed by atoms with Crippen molar-refractivity contribution in [2.45, 2.75) is 13.8 Å². The lowest BCUT2D eigenvalue weighted by Gasteiger charge is -2.13.